The minimum absolute atomic E-state index is 0.0187. The van der Waals surface area contributed by atoms with Crippen LogP contribution in [0.25, 0.3) is 17.2 Å². The number of halogens is 1. The van der Waals surface area contributed by atoms with Gasteiger partial charge in [-0.25, -0.2) is 4.39 Å². The molecule has 0 spiro atoms. The molecule has 0 aliphatic rings. The van der Waals surface area contributed by atoms with Crippen LogP contribution in [-0.4, -0.2) is 57.3 Å². The Labute approximate surface area is 199 Å². The van der Waals surface area contributed by atoms with Gasteiger partial charge < -0.3 is 25.2 Å². The first-order valence-corrected chi connectivity index (χ1v) is 11.3. The zero-order chi connectivity index (χ0) is 25.4. The molecule has 1 aromatic heterocycles. The Kier molecular flexibility index (Phi) is 10.3. The van der Waals surface area contributed by atoms with Crippen molar-refractivity contribution in [1.29, 1.82) is 0 Å². The van der Waals surface area contributed by atoms with Crippen molar-refractivity contribution in [2.45, 2.75) is 64.3 Å². The zero-order valence-corrected chi connectivity index (χ0v) is 20.0. The predicted octanol–water partition coefficient (Wildman–Crippen LogP) is 3.85. The average molecular weight is 476 g/mol. The molecule has 34 heavy (non-hydrogen) atoms. The Balaban J connectivity index is 2.72. The highest BCUT2D eigenvalue weighted by atomic mass is 19.1. The summed E-state index contributed by atoms with van der Waals surface area (Å²) in [5, 5.41) is 39.0. The van der Waals surface area contributed by atoms with Crippen LogP contribution in [0.15, 0.2) is 30.3 Å². The molecule has 0 saturated carbocycles. The Morgan fingerprint density at radius 3 is 2.32 bits per heavy atom. The summed E-state index contributed by atoms with van der Waals surface area (Å²) in [6.45, 7) is 5.91. The summed E-state index contributed by atoms with van der Waals surface area (Å²) in [6.07, 6.45) is 0.323. The third-order valence-corrected chi connectivity index (χ3v) is 5.52. The van der Waals surface area contributed by atoms with E-state index < -0.39 is 24.6 Å². The Bertz CT molecular complexity index is 990. The van der Waals surface area contributed by atoms with Gasteiger partial charge in [-0.3, -0.25) is 9.78 Å². The van der Waals surface area contributed by atoms with Crippen molar-refractivity contribution in [3.63, 3.8) is 0 Å². The van der Waals surface area contributed by atoms with E-state index in [9.17, 15) is 24.5 Å². The second kappa shape index (κ2) is 12.7. The number of aromatic nitrogens is 1. The predicted molar refractivity (Wildman–Crippen MR) is 128 cm³/mol. The van der Waals surface area contributed by atoms with E-state index in [1.165, 1.54) is 18.2 Å². The van der Waals surface area contributed by atoms with E-state index in [0.717, 1.165) is 22.4 Å². The number of methoxy groups -OCH3 is 1. The van der Waals surface area contributed by atoms with Crippen LogP contribution < -0.4 is 0 Å². The molecule has 0 saturated heterocycles. The number of nitrogens with zero attached hydrogens (tertiary/aromatic N) is 1. The van der Waals surface area contributed by atoms with Crippen LogP contribution >= 0.6 is 0 Å². The van der Waals surface area contributed by atoms with Crippen LogP contribution in [0.4, 0.5) is 4.39 Å². The zero-order valence-electron chi connectivity index (χ0n) is 20.0. The number of ether oxygens (including phenoxy) is 1. The second-order valence-electron chi connectivity index (χ2n) is 8.74. The van der Waals surface area contributed by atoms with Crippen LogP contribution in [0.1, 0.15) is 68.0 Å². The number of aliphatic carboxylic acids is 1. The largest absolute Gasteiger partial charge is 0.481 e. The molecule has 0 aliphatic carbocycles. The molecule has 2 rings (SSSR count). The maximum Gasteiger partial charge on any atom is 0.305 e. The fourth-order valence-electron chi connectivity index (χ4n) is 3.87. The molecule has 2 aromatic rings. The van der Waals surface area contributed by atoms with Crippen molar-refractivity contribution in [2.24, 2.45) is 0 Å². The van der Waals surface area contributed by atoms with Crippen molar-refractivity contribution in [2.75, 3.05) is 13.7 Å². The third kappa shape index (κ3) is 7.17. The molecule has 4 N–H and O–H groups in total. The molecule has 7 nitrogen and oxygen atoms in total. The van der Waals surface area contributed by atoms with Crippen LogP contribution in [0.5, 0.6) is 0 Å². The molecule has 1 aromatic carbocycles. The Morgan fingerprint density at radius 2 is 1.79 bits per heavy atom. The SMILES string of the molecule is COCc1c([C@H](C)CO)nc(C(C)C)c(/C=C/[C@H](O)C[C@@H](O)CC(=O)O)c1-c1ccc(F)cc1. The van der Waals surface area contributed by atoms with E-state index in [1.54, 1.807) is 25.3 Å². The van der Waals surface area contributed by atoms with Crippen LogP contribution in [-0.2, 0) is 16.1 Å². The van der Waals surface area contributed by atoms with Crippen LogP contribution in [0.3, 0.4) is 0 Å². The normalized spacial score (nSPS) is 14.5. The summed E-state index contributed by atoms with van der Waals surface area (Å²) in [7, 11) is 1.56. The van der Waals surface area contributed by atoms with Gasteiger partial charge in [0.25, 0.3) is 0 Å². The lowest BCUT2D eigenvalue weighted by atomic mass is 9.86. The number of benzene rings is 1. The van der Waals surface area contributed by atoms with E-state index in [1.807, 2.05) is 20.8 Å². The van der Waals surface area contributed by atoms with Gasteiger partial charge in [-0.05, 0) is 29.2 Å². The van der Waals surface area contributed by atoms with E-state index in [-0.39, 0.29) is 37.3 Å². The lowest BCUT2D eigenvalue weighted by Crippen LogP contribution is -2.19. The van der Waals surface area contributed by atoms with Crippen molar-refractivity contribution in [3.05, 3.63) is 58.7 Å². The molecular weight excluding hydrogens is 441 g/mol. The van der Waals surface area contributed by atoms with Gasteiger partial charge >= 0.3 is 5.97 Å². The Hall–Kier alpha value is -2.65. The fourth-order valence-corrected chi connectivity index (χ4v) is 3.87. The molecule has 3 atom stereocenters. The highest BCUT2D eigenvalue weighted by Crippen LogP contribution is 2.38. The second-order valence-corrected chi connectivity index (χ2v) is 8.74. The summed E-state index contributed by atoms with van der Waals surface area (Å²) in [6, 6.07) is 6.04. The van der Waals surface area contributed by atoms with Crippen LogP contribution in [0, 0.1) is 5.82 Å². The molecule has 186 valence electrons. The van der Waals surface area contributed by atoms with E-state index in [0.29, 0.717) is 11.3 Å². The van der Waals surface area contributed by atoms with E-state index >= 15 is 0 Å². The lowest BCUT2D eigenvalue weighted by Gasteiger charge is -2.24. The lowest BCUT2D eigenvalue weighted by molar-refractivity contribution is -0.139. The van der Waals surface area contributed by atoms with Crippen molar-refractivity contribution in [3.8, 4) is 11.1 Å². The molecule has 0 bridgehead atoms. The maximum absolute atomic E-state index is 13.7. The molecule has 0 unspecified atom stereocenters. The monoisotopic (exact) mass is 475 g/mol. The maximum atomic E-state index is 13.7. The van der Waals surface area contributed by atoms with Crippen molar-refractivity contribution >= 4 is 12.0 Å². The number of carboxylic acids is 1. The molecule has 0 fully saturated rings. The van der Waals surface area contributed by atoms with Gasteiger partial charge in [0.15, 0.2) is 0 Å². The summed E-state index contributed by atoms with van der Waals surface area (Å²) < 4.78 is 19.2. The topological polar surface area (TPSA) is 120 Å². The average Bonchev–Trinajstić information content (AvgIpc) is 2.77. The van der Waals surface area contributed by atoms with Gasteiger partial charge in [-0.15, -0.1) is 0 Å². The standard InChI is InChI=1S/C26H34FNO6/c1-15(2)25-21(10-9-19(30)11-20(31)12-23(32)33)24(17-5-7-18(27)8-6-17)22(14-34-4)26(28-25)16(3)13-29/h5-10,15-16,19-20,29-31H,11-14H2,1-4H3,(H,32,33)/b10-9+/t16-,19+,20-/m1/s1. The van der Waals surface area contributed by atoms with E-state index in [2.05, 4.69) is 0 Å². The number of pyridine rings is 1. The summed E-state index contributed by atoms with van der Waals surface area (Å²) >= 11 is 0. The van der Waals surface area contributed by atoms with Gasteiger partial charge in [0.2, 0.25) is 0 Å². The number of hydrogen-bond donors (Lipinski definition) is 4. The number of aliphatic hydroxyl groups is 3. The molecule has 8 heteroatoms. The van der Waals surface area contributed by atoms with Gasteiger partial charge in [-0.2, -0.15) is 0 Å². The summed E-state index contributed by atoms with van der Waals surface area (Å²) in [5.41, 5.74) is 4.34. The molecule has 0 aliphatic heterocycles. The van der Waals surface area contributed by atoms with Gasteiger partial charge in [0.05, 0.1) is 43.2 Å². The number of carbonyl (C=O) groups is 1. The van der Waals surface area contributed by atoms with Crippen LogP contribution in [0.2, 0.25) is 0 Å². The number of hydrogen-bond acceptors (Lipinski definition) is 6. The van der Waals surface area contributed by atoms with Crippen molar-refractivity contribution in [1.82, 2.24) is 4.98 Å². The summed E-state index contributed by atoms with van der Waals surface area (Å²) in [4.78, 5) is 15.7. The molecule has 1 heterocycles. The molecule has 0 radical (unpaired) electrons. The van der Waals surface area contributed by atoms with Gasteiger partial charge in [0, 0.05) is 30.6 Å². The quantitative estimate of drug-likeness (QED) is 0.368. The van der Waals surface area contributed by atoms with Crippen molar-refractivity contribution < 1.29 is 34.3 Å². The smallest absolute Gasteiger partial charge is 0.305 e. The number of aliphatic hydroxyl groups excluding tert-OH is 3. The van der Waals surface area contributed by atoms with E-state index in [4.69, 9.17) is 14.8 Å². The third-order valence-electron chi connectivity index (χ3n) is 5.52. The minimum Gasteiger partial charge on any atom is -0.481 e. The first-order chi connectivity index (χ1) is 16.1. The first-order valence-electron chi connectivity index (χ1n) is 11.3. The Morgan fingerprint density at radius 1 is 1.15 bits per heavy atom. The highest BCUT2D eigenvalue weighted by molar-refractivity contribution is 5.80. The highest BCUT2D eigenvalue weighted by Gasteiger charge is 2.24. The molecule has 0 amide bonds. The summed E-state index contributed by atoms with van der Waals surface area (Å²) in [5.74, 6) is -1.81. The minimum atomic E-state index is -1.19. The first kappa shape index (κ1) is 27.6. The van der Waals surface area contributed by atoms with Gasteiger partial charge in [-0.1, -0.05) is 45.1 Å². The fraction of sp³-hybridized carbons (Fsp3) is 0.462. The number of rotatable bonds is 12. The van der Waals surface area contributed by atoms with Gasteiger partial charge in [0.1, 0.15) is 5.82 Å². The number of carboxylic acid groups (broad SMARTS) is 1. The molecular formula is C26H34FNO6.